The van der Waals surface area contributed by atoms with E-state index >= 15 is 0 Å². The van der Waals surface area contributed by atoms with Crippen molar-refractivity contribution in [2.45, 2.75) is 13.5 Å². The van der Waals surface area contributed by atoms with Gasteiger partial charge in [-0.1, -0.05) is 6.92 Å². The van der Waals surface area contributed by atoms with Crippen molar-refractivity contribution in [3.05, 3.63) is 29.6 Å². The number of hydrogen-bond acceptors (Lipinski definition) is 3. The molecule has 0 aliphatic heterocycles. The monoisotopic (exact) mass is 213 g/mol. The van der Waals surface area contributed by atoms with Crippen molar-refractivity contribution >= 4 is 0 Å². The van der Waals surface area contributed by atoms with Gasteiger partial charge in [0, 0.05) is 12.6 Å². The van der Waals surface area contributed by atoms with E-state index in [1.807, 2.05) is 6.92 Å². The molecule has 0 unspecified atom stereocenters. The zero-order valence-electron chi connectivity index (χ0n) is 8.79. The molecule has 15 heavy (non-hydrogen) atoms. The summed E-state index contributed by atoms with van der Waals surface area (Å²) in [5.74, 6) is 0.135. The van der Waals surface area contributed by atoms with Crippen LogP contribution in [0.3, 0.4) is 0 Å². The first kappa shape index (κ1) is 11.9. The molecule has 0 heterocycles. The van der Waals surface area contributed by atoms with Gasteiger partial charge in [-0.2, -0.15) is 0 Å². The Morgan fingerprint density at radius 3 is 2.87 bits per heavy atom. The van der Waals surface area contributed by atoms with Gasteiger partial charge in [-0.05, 0) is 24.2 Å². The highest BCUT2D eigenvalue weighted by Crippen LogP contribution is 2.16. The van der Waals surface area contributed by atoms with Crippen molar-refractivity contribution in [3.63, 3.8) is 0 Å². The Balaban J connectivity index is 2.66. The molecule has 0 radical (unpaired) electrons. The van der Waals surface area contributed by atoms with Gasteiger partial charge in [0.1, 0.15) is 18.2 Å². The average molecular weight is 213 g/mol. The third-order valence-corrected chi connectivity index (χ3v) is 1.87. The van der Waals surface area contributed by atoms with Crippen molar-refractivity contribution < 1.29 is 14.2 Å². The van der Waals surface area contributed by atoms with Crippen molar-refractivity contribution in [3.8, 4) is 5.75 Å². The van der Waals surface area contributed by atoms with Crippen molar-refractivity contribution in [1.82, 2.24) is 5.32 Å². The summed E-state index contributed by atoms with van der Waals surface area (Å²) in [6.45, 7) is 3.55. The Bertz CT molecular complexity index is 278. The lowest BCUT2D eigenvalue weighted by Crippen LogP contribution is -2.12. The molecule has 0 aliphatic carbocycles. The fourth-order valence-corrected chi connectivity index (χ4v) is 1.24. The molecule has 0 atom stereocenters. The van der Waals surface area contributed by atoms with Gasteiger partial charge in [0.05, 0.1) is 6.61 Å². The Labute approximate surface area is 88.9 Å². The van der Waals surface area contributed by atoms with Crippen LogP contribution in [0, 0.1) is 5.82 Å². The minimum Gasteiger partial charge on any atom is -0.491 e. The number of benzene rings is 1. The molecule has 0 spiro atoms. The molecule has 0 bridgehead atoms. The maximum absolute atomic E-state index is 13.1. The lowest BCUT2D eigenvalue weighted by atomic mass is 10.2. The lowest BCUT2D eigenvalue weighted by Gasteiger charge is -2.07. The largest absolute Gasteiger partial charge is 0.491 e. The number of rotatable bonds is 6. The van der Waals surface area contributed by atoms with E-state index in [9.17, 15) is 4.39 Å². The molecular formula is C11H16FNO2. The van der Waals surface area contributed by atoms with E-state index in [1.165, 1.54) is 12.1 Å². The first-order chi connectivity index (χ1) is 7.26. The maximum Gasteiger partial charge on any atom is 0.127 e. The summed E-state index contributed by atoms with van der Waals surface area (Å²) < 4.78 is 18.3. The van der Waals surface area contributed by atoms with Gasteiger partial charge in [-0.25, -0.2) is 4.39 Å². The molecule has 1 aromatic carbocycles. The van der Waals surface area contributed by atoms with E-state index in [2.05, 4.69) is 5.32 Å². The number of nitrogens with one attached hydrogen (secondary N) is 1. The van der Waals surface area contributed by atoms with E-state index in [0.717, 1.165) is 12.1 Å². The van der Waals surface area contributed by atoms with Gasteiger partial charge in [0.25, 0.3) is 0 Å². The van der Waals surface area contributed by atoms with Crippen LogP contribution in [0.2, 0.25) is 0 Å². The molecule has 0 saturated heterocycles. The Morgan fingerprint density at radius 1 is 1.40 bits per heavy atom. The Morgan fingerprint density at radius 2 is 2.20 bits per heavy atom. The molecule has 3 nitrogen and oxygen atoms in total. The van der Waals surface area contributed by atoms with Crippen LogP contribution < -0.4 is 10.1 Å². The van der Waals surface area contributed by atoms with E-state index in [4.69, 9.17) is 9.84 Å². The summed E-state index contributed by atoms with van der Waals surface area (Å²) in [5.41, 5.74) is 0.838. The van der Waals surface area contributed by atoms with E-state index in [-0.39, 0.29) is 19.0 Å². The van der Waals surface area contributed by atoms with Crippen LogP contribution in [0.15, 0.2) is 18.2 Å². The average Bonchev–Trinajstić information content (AvgIpc) is 2.23. The van der Waals surface area contributed by atoms with Gasteiger partial charge in [-0.3, -0.25) is 0 Å². The Kier molecular flexibility index (Phi) is 5.07. The second-order valence-corrected chi connectivity index (χ2v) is 3.15. The molecule has 1 aromatic rings. The molecule has 0 saturated carbocycles. The zero-order valence-corrected chi connectivity index (χ0v) is 8.79. The van der Waals surface area contributed by atoms with Crippen LogP contribution in [-0.2, 0) is 6.54 Å². The SMILES string of the molecule is CCNCc1cc(F)cc(OCCO)c1. The molecule has 0 aromatic heterocycles. The first-order valence-electron chi connectivity index (χ1n) is 5.00. The summed E-state index contributed by atoms with van der Waals surface area (Å²) in [6, 6.07) is 4.54. The Hall–Kier alpha value is -1.13. The number of ether oxygens (including phenoxy) is 1. The fraction of sp³-hybridized carbons (Fsp3) is 0.455. The smallest absolute Gasteiger partial charge is 0.127 e. The van der Waals surface area contributed by atoms with Crippen LogP contribution >= 0.6 is 0 Å². The quantitative estimate of drug-likeness (QED) is 0.748. The van der Waals surface area contributed by atoms with Crippen LogP contribution in [-0.4, -0.2) is 24.9 Å². The van der Waals surface area contributed by atoms with Crippen LogP contribution in [0.1, 0.15) is 12.5 Å². The second-order valence-electron chi connectivity index (χ2n) is 3.15. The van der Waals surface area contributed by atoms with Gasteiger partial charge in [0.2, 0.25) is 0 Å². The summed E-state index contributed by atoms with van der Waals surface area (Å²) in [4.78, 5) is 0. The summed E-state index contributed by atoms with van der Waals surface area (Å²) in [5, 5.41) is 11.7. The summed E-state index contributed by atoms with van der Waals surface area (Å²) in [7, 11) is 0. The summed E-state index contributed by atoms with van der Waals surface area (Å²) >= 11 is 0. The van der Waals surface area contributed by atoms with Crippen LogP contribution in [0.25, 0.3) is 0 Å². The molecule has 84 valence electrons. The van der Waals surface area contributed by atoms with Crippen LogP contribution in [0.5, 0.6) is 5.75 Å². The van der Waals surface area contributed by atoms with Crippen molar-refractivity contribution in [1.29, 1.82) is 0 Å². The van der Waals surface area contributed by atoms with Crippen molar-refractivity contribution in [2.24, 2.45) is 0 Å². The van der Waals surface area contributed by atoms with Gasteiger partial charge >= 0.3 is 0 Å². The first-order valence-corrected chi connectivity index (χ1v) is 5.00. The van der Waals surface area contributed by atoms with Gasteiger partial charge in [-0.15, -0.1) is 0 Å². The predicted molar refractivity (Wildman–Crippen MR) is 56.4 cm³/mol. The molecular weight excluding hydrogens is 197 g/mol. The van der Waals surface area contributed by atoms with E-state index in [0.29, 0.717) is 12.3 Å². The molecule has 0 aliphatic rings. The third kappa shape index (κ3) is 4.27. The molecule has 2 N–H and O–H groups in total. The second kappa shape index (κ2) is 6.37. The minimum absolute atomic E-state index is 0.0704. The highest BCUT2D eigenvalue weighted by molar-refractivity contribution is 5.29. The molecule has 0 amide bonds. The zero-order chi connectivity index (χ0) is 11.1. The summed E-state index contributed by atoms with van der Waals surface area (Å²) in [6.07, 6.45) is 0. The number of hydrogen-bond donors (Lipinski definition) is 2. The highest BCUT2D eigenvalue weighted by Gasteiger charge is 2.01. The van der Waals surface area contributed by atoms with E-state index < -0.39 is 0 Å². The minimum atomic E-state index is -0.321. The third-order valence-electron chi connectivity index (χ3n) is 1.87. The van der Waals surface area contributed by atoms with Crippen LogP contribution in [0.4, 0.5) is 4.39 Å². The van der Waals surface area contributed by atoms with Gasteiger partial charge < -0.3 is 15.2 Å². The molecule has 1 rings (SSSR count). The molecule has 4 heteroatoms. The molecule has 0 fully saturated rings. The normalized spacial score (nSPS) is 10.3. The highest BCUT2D eigenvalue weighted by atomic mass is 19.1. The lowest BCUT2D eigenvalue weighted by molar-refractivity contribution is 0.201. The fourth-order valence-electron chi connectivity index (χ4n) is 1.24. The van der Waals surface area contributed by atoms with Crippen molar-refractivity contribution in [2.75, 3.05) is 19.8 Å². The van der Waals surface area contributed by atoms with E-state index in [1.54, 1.807) is 6.07 Å². The maximum atomic E-state index is 13.1. The number of aliphatic hydroxyl groups excluding tert-OH is 1. The topological polar surface area (TPSA) is 41.5 Å². The van der Waals surface area contributed by atoms with Gasteiger partial charge in [0.15, 0.2) is 0 Å². The standard InChI is InChI=1S/C11H16FNO2/c1-2-13-8-9-5-10(12)7-11(6-9)15-4-3-14/h5-7,13-14H,2-4,8H2,1H3. The number of aliphatic hydroxyl groups is 1. The predicted octanol–water partition coefficient (Wildman–Crippen LogP) is 1.31. The number of halogens is 1.